The van der Waals surface area contributed by atoms with E-state index in [0.29, 0.717) is 0 Å². The van der Waals surface area contributed by atoms with E-state index in [1.165, 1.54) is 0 Å². The van der Waals surface area contributed by atoms with Gasteiger partial charge in [0, 0.05) is 39.5 Å². The standard InChI is InChI=1S/C12H21N3O6/c16-7-1-4-13-10(19)14(5-2-8-17)12(21)15(11(13)20)6-3-9-18/h16-18H,1-9H2. The Hall–Kier alpha value is -1.71. The van der Waals surface area contributed by atoms with Crippen LogP contribution in [0.2, 0.25) is 0 Å². The highest BCUT2D eigenvalue weighted by atomic mass is 16.3. The van der Waals surface area contributed by atoms with Crippen LogP contribution in [0.5, 0.6) is 0 Å². The second-order valence-corrected chi connectivity index (χ2v) is 4.53. The van der Waals surface area contributed by atoms with Gasteiger partial charge in [-0.1, -0.05) is 0 Å². The quantitative estimate of drug-likeness (QED) is 0.456. The van der Waals surface area contributed by atoms with Gasteiger partial charge in [-0.25, -0.2) is 28.1 Å². The van der Waals surface area contributed by atoms with E-state index in [1.54, 1.807) is 0 Å². The van der Waals surface area contributed by atoms with E-state index in [0.717, 1.165) is 13.7 Å². The molecule has 0 radical (unpaired) electrons. The molecule has 0 amide bonds. The van der Waals surface area contributed by atoms with Gasteiger partial charge in [-0.15, -0.1) is 0 Å². The summed E-state index contributed by atoms with van der Waals surface area (Å²) in [6.07, 6.45) is 0.647. The van der Waals surface area contributed by atoms with Gasteiger partial charge in [0.15, 0.2) is 0 Å². The van der Waals surface area contributed by atoms with Crippen LogP contribution in [0.3, 0.4) is 0 Å². The largest absolute Gasteiger partial charge is 0.396 e. The first-order chi connectivity index (χ1) is 10.1. The summed E-state index contributed by atoms with van der Waals surface area (Å²) in [4.78, 5) is 36.4. The van der Waals surface area contributed by atoms with Gasteiger partial charge in [0.1, 0.15) is 0 Å². The molecule has 120 valence electrons. The monoisotopic (exact) mass is 303 g/mol. The minimum atomic E-state index is -0.743. The van der Waals surface area contributed by atoms with Gasteiger partial charge in [-0.05, 0) is 19.3 Å². The Morgan fingerprint density at radius 3 is 1.00 bits per heavy atom. The molecule has 0 spiro atoms. The normalized spacial score (nSPS) is 11.0. The fourth-order valence-electron chi connectivity index (χ4n) is 1.94. The molecule has 0 saturated heterocycles. The molecule has 9 nitrogen and oxygen atoms in total. The molecule has 1 aromatic rings. The van der Waals surface area contributed by atoms with E-state index in [9.17, 15) is 14.4 Å². The Bertz CT molecular complexity index is 499. The molecule has 0 fully saturated rings. The van der Waals surface area contributed by atoms with Crippen LogP contribution in [0.25, 0.3) is 0 Å². The number of hydrogen-bond acceptors (Lipinski definition) is 6. The number of rotatable bonds is 9. The number of aromatic nitrogens is 3. The lowest BCUT2D eigenvalue weighted by molar-refractivity contribution is 0.262. The summed E-state index contributed by atoms with van der Waals surface area (Å²) < 4.78 is 2.69. The van der Waals surface area contributed by atoms with Crippen molar-refractivity contribution in [2.45, 2.75) is 38.9 Å². The van der Waals surface area contributed by atoms with Crippen molar-refractivity contribution >= 4 is 0 Å². The molecule has 0 aromatic carbocycles. The Kier molecular flexibility index (Phi) is 7.06. The predicted octanol–water partition coefficient (Wildman–Crippen LogP) is -2.68. The Labute approximate surface area is 120 Å². The van der Waals surface area contributed by atoms with Gasteiger partial charge in [0.05, 0.1) is 0 Å². The summed E-state index contributed by atoms with van der Waals surface area (Å²) in [5.74, 6) is 0. The van der Waals surface area contributed by atoms with Gasteiger partial charge in [0.2, 0.25) is 0 Å². The zero-order chi connectivity index (χ0) is 15.8. The van der Waals surface area contributed by atoms with Crippen molar-refractivity contribution in [3.05, 3.63) is 31.5 Å². The van der Waals surface area contributed by atoms with E-state index in [-0.39, 0.29) is 58.7 Å². The highest BCUT2D eigenvalue weighted by Gasteiger charge is 2.14. The van der Waals surface area contributed by atoms with Crippen molar-refractivity contribution in [3.63, 3.8) is 0 Å². The summed E-state index contributed by atoms with van der Waals surface area (Å²) in [6, 6.07) is 0. The van der Waals surface area contributed by atoms with Crippen molar-refractivity contribution in [1.29, 1.82) is 0 Å². The molecule has 21 heavy (non-hydrogen) atoms. The average molecular weight is 303 g/mol. The lowest BCUT2D eigenvalue weighted by atomic mass is 10.4. The Morgan fingerprint density at radius 2 is 0.810 bits per heavy atom. The zero-order valence-electron chi connectivity index (χ0n) is 11.8. The summed E-state index contributed by atoms with van der Waals surface area (Å²) in [6.45, 7) is -0.527. The van der Waals surface area contributed by atoms with Crippen molar-refractivity contribution in [2.75, 3.05) is 19.8 Å². The maximum absolute atomic E-state index is 12.1. The molecule has 9 heteroatoms. The van der Waals surface area contributed by atoms with Crippen LogP contribution >= 0.6 is 0 Å². The predicted molar refractivity (Wildman–Crippen MR) is 74.3 cm³/mol. The highest BCUT2D eigenvalue weighted by molar-refractivity contribution is 4.79. The summed E-state index contributed by atoms with van der Waals surface area (Å²) in [5, 5.41) is 26.5. The van der Waals surface area contributed by atoms with E-state index in [2.05, 4.69) is 0 Å². The lowest BCUT2D eigenvalue weighted by Crippen LogP contribution is -2.54. The van der Waals surface area contributed by atoms with Gasteiger partial charge in [-0.2, -0.15) is 0 Å². The SMILES string of the molecule is O=c1n(CCCO)c(=O)n(CCCO)c(=O)n1CCCO. The van der Waals surface area contributed by atoms with E-state index in [1.807, 2.05) is 0 Å². The first-order valence-corrected chi connectivity index (χ1v) is 6.85. The summed E-state index contributed by atoms with van der Waals surface area (Å²) >= 11 is 0. The second-order valence-electron chi connectivity index (χ2n) is 4.53. The van der Waals surface area contributed by atoms with Gasteiger partial charge in [-0.3, -0.25) is 0 Å². The minimum Gasteiger partial charge on any atom is -0.396 e. The summed E-state index contributed by atoms with van der Waals surface area (Å²) in [5.41, 5.74) is -2.23. The molecule has 0 aliphatic rings. The molecule has 3 N–H and O–H groups in total. The third-order valence-corrected chi connectivity index (χ3v) is 3.00. The zero-order valence-corrected chi connectivity index (χ0v) is 11.8. The smallest absolute Gasteiger partial charge is 0.336 e. The molecule has 0 bridgehead atoms. The first kappa shape index (κ1) is 17.3. The van der Waals surface area contributed by atoms with Crippen LogP contribution in [-0.2, 0) is 19.6 Å². The van der Waals surface area contributed by atoms with E-state index < -0.39 is 17.1 Å². The van der Waals surface area contributed by atoms with Crippen molar-refractivity contribution in [3.8, 4) is 0 Å². The van der Waals surface area contributed by atoms with Crippen LogP contribution in [0.1, 0.15) is 19.3 Å². The highest BCUT2D eigenvalue weighted by Crippen LogP contribution is 1.86. The maximum Gasteiger partial charge on any atom is 0.336 e. The van der Waals surface area contributed by atoms with Gasteiger partial charge < -0.3 is 15.3 Å². The average Bonchev–Trinajstić information content (AvgIpc) is 2.47. The fraction of sp³-hybridized carbons (Fsp3) is 0.750. The van der Waals surface area contributed by atoms with Gasteiger partial charge in [0.25, 0.3) is 0 Å². The molecule has 0 unspecified atom stereocenters. The second kappa shape index (κ2) is 8.55. The first-order valence-electron chi connectivity index (χ1n) is 6.85. The lowest BCUT2D eigenvalue weighted by Gasteiger charge is -2.13. The summed E-state index contributed by atoms with van der Waals surface area (Å²) in [7, 11) is 0. The van der Waals surface area contributed by atoms with E-state index >= 15 is 0 Å². The molecular weight excluding hydrogens is 282 g/mol. The molecule has 1 rings (SSSR count). The number of nitrogens with zero attached hydrogens (tertiary/aromatic N) is 3. The molecule has 0 saturated carbocycles. The van der Waals surface area contributed by atoms with Crippen molar-refractivity contribution in [1.82, 2.24) is 13.7 Å². The van der Waals surface area contributed by atoms with Gasteiger partial charge >= 0.3 is 17.1 Å². The third-order valence-electron chi connectivity index (χ3n) is 3.00. The van der Waals surface area contributed by atoms with E-state index in [4.69, 9.17) is 15.3 Å². The molecule has 0 atom stereocenters. The van der Waals surface area contributed by atoms with Crippen LogP contribution in [0.4, 0.5) is 0 Å². The number of hydrogen-bond donors (Lipinski definition) is 3. The number of aliphatic hydroxyl groups is 3. The topological polar surface area (TPSA) is 127 Å². The minimum absolute atomic E-state index is 0.00664. The third kappa shape index (κ3) is 4.13. The molecule has 0 aliphatic heterocycles. The molecule has 1 heterocycles. The van der Waals surface area contributed by atoms with Crippen LogP contribution in [0.15, 0.2) is 14.4 Å². The Balaban J connectivity index is 3.39. The van der Waals surface area contributed by atoms with Crippen molar-refractivity contribution < 1.29 is 15.3 Å². The molecular formula is C12H21N3O6. The molecule has 1 aromatic heterocycles. The van der Waals surface area contributed by atoms with Crippen LogP contribution in [-0.4, -0.2) is 48.8 Å². The van der Waals surface area contributed by atoms with Crippen LogP contribution in [0, 0.1) is 0 Å². The van der Waals surface area contributed by atoms with Crippen molar-refractivity contribution in [2.24, 2.45) is 0 Å². The maximum atomic E-state index is 12.1. The van der Waals surface area contributed by atoms with Crippen LogP contribution < -0.4 is 17.1 Å². The molecule has 0 aliphatic carbocycles. The fourth-order valence-corrected chi connectivity index (χ4v) is 1.94. The Morgan fingerprint density at radius 1 is 0.571 bits per heavy atom. The number of aliphatic hydroxyl groups excluding tert-OH is 3.